The molecule has 0 aliphatic heterocycles. The molecule has 0 radical (unpaired) electrons. The van der Waals surface area contributed by atoms with E-state index in [1.807, 2.05) is 31.2 Å². The Balaban J connectivity index is 1.60. The number of fused-ring (bicyclic) bond motifs is 1. The van der Waals surface area contributed by atoms with E-state index < -0.39 is 18.5 Å². The molecule has 5 nitrogen and oxygen atoms in total. The number of aromatic nitrogens is 2. The first-order valence-electron chi connectivity index (χ1n) is 9.26. The Morgan fingerprint density at radius 2 is 1.97 bits per heavy atom. The van der Waals surface area contributed by atoms with E-state index in [1.165, 1.54) is 6.07 Å². The van der Waals surface area contributed by atoms with Gasteiger partial charge in [-0.05, 0) is 48.4 Å². The van der Waals surface area contributed by atoms with Gasteiger partial charge in [-0.15, -0.1) is 0 Å². The van der Waals surface area contributed by atoms with Crippen molar-refractivity contribution in [2.45, 2.75) is 13.0 Å². The standard InChI is InChI=1S/C23H20FN3O2/c1-14-5-7-20(24)19(9-14)22(13-28)26-23(29)17-4-2-3-15(10-17)16-6-8-21-18(11-16)12-25-27-21/h2-12,22,28H,13H2,1H3,(H,25,27)(H,26,29). The van der Waals surface area contributed by atoms with Gasteiger partial charge < -0.3 is 10.4 Å². The third-order valence-corrected chi connectivity index (χ3v) is 4.91. The quantitative estimate of drug-likeness (QED) is 0.480. The zero-order valence-corrected chi connectivity index (χ0v) is 15.8. The number of amides is 1. The summed E-state index contributed by atoms with van der Waals surface area (Å²) in [5.74, 6) is -0.840. The number of nitrogens with one attached hydrogen (secondary N) is 2. The van der Waals surface area contributed by atoms with E-state index in [2.05, 4.69) is 15.5 Å². The third-order valence-electron chi connectivity index (χ3n) is 4.91. The molecule has 0 bridgehead atoms. The van der Waals surface area contributed by atoms with Gasteiger partial charge in [0.05, 0.1) is 24.4 Å². The number of rotatable bonds is 5. The Morgan fingerprint density at radius 1 is 1.14 bits per heavy atom. The summed E-state index contributed by atoms with van der Waals surface area (Å²) in [5, 5.41) is 20.4. The Hall–Kier alpha value is -3.51. The van der Waals surface area contributed by atoms with Gasteiger partial charge in [0.1, 0.15) is 5.82 Å². The molecule has 1 atom stereocenters. The molecule has 146 valence electrons. The lowest BCUT2D eigenvalue weighted by Gasteiger charge is -2.18. The summed E-state index contributed by atoms with van der Waals surface area (Å²) < 4.78 is 14.2. The van der Waals surface area contributed by atoms with Crippen LogP contribution in [0.1, 0.15) is 27.5 Å². The minimum atomic E-state index is -0.826. The van der Waals surface area contributed by atoms with E-state index in [0.717, 1.165) is 27.6 Å². The van der Waals surface area contributed by atoms with Crippen molar-refractivity contribution in [2.24, 2.45) is 0 Å². The van der Waals surface area contributed by atoms with Crippen LogP contribution in [-0.2, 0) is 0 Å². The van der Waals surface area contributed by atoms with E-state index in [4.69, 9.17) is 0 Å². The highest BCUT2D eigenvalue weighted by Gasteiger charge is 2.19. The summed E-state index contributed by atoms with van der Waals surface area (Å²) in [5.41, 5.74) is 4.32. The number of aryl methyl sites for hydroxylation is 1. The van der Waals surface area contributed by atoms with Gasteiger partial charge in [0.2, 0.25) is 0 Å². The molecule has 4 rings (SSSR count). The summed E-state index contributed by atoms with van der Waals surface area (Å²) in [6.45, 7) is 1.43. The van der Waals surface area contributed by atoms with Crippen molar-refractivity contribution in [2.75, 3.05) is 6.61 Å². The first-order chi connectivity index (χ1) is 14.0. The number of carbonyl (C=O) groups is 1. The van der Waals surface area contributed by atoms with Crippen molar-refractivity contribution >= 4 is 16.8 Å². The van der Waals surface area contributed by atoms with E-state index >= 15 is 0 Å². The first-order valence-corrected chi connectivity index (χ1v) is 9.26. The summed E-state index contributed by atoms with van der Waals surface area (Å²) in [6, 6.07) is 16.9. The average Bonchev–Trinajstić information content (AvgIpc) is 3.21. The van der Waals surface area contributed by atoms with Crippen LogP contribution in [0.15, 0.2) is 66.9 Å². The molecule has 0 fully saturated rings. The maximum atomic E-state index is 14.2. The van der Waals surface area contributed by atoms with Crippen molar-refractivity contribution in [3.63, 3.8) is 0 Å². The zero-order valence-electron chi connectivity index (χ0n) is 15.8. The minimum absolute atomic E-state index is 0.266. The summed E-state index contributed by atoms with van der Waals surface area (Å²) in [4.78, 5) is 12.8. The number of halogens is 1. The number of aliphatic hydroxyl groups excluding tert-OH is 1. The highest BCUT2D eigenvalue weighted by Crippen LogP contribution is 2.25. The van der Waals surface area contributed by atoms with Crippen LogP contribution in [0.25, 0.3) is 22.0 Å². The van der Waals surface area contributed by atoms with E-state index in [0.29, 0.717) is 5.56 Å². The van der Waals surface area contributed by atoms with Gasteiger partial charge in [-0.25, -0.2) is 4.39 Å². The molecule has 6 heteroatoms. The fourth-order valence-corrected chi connectivity index (χ4v) is 3.36. The fraction of sp³-hybridized carbons (Fsp3) is 0.130. The smallest absolute Gasteiger partial charge is 0.251 e. The molecule has 29 heavy (non-hydrogen) atoms. The summed E-state index contributed by atoms with van der Waals surface area (Å²) in [6.07, 6.45) is 1.75. The molecule has 0 spiro atoms. The number of aliphatic hydroxyl groups is 1. The largest absolute Gasteiger partial charge is 0.394 e. The van der Waals surface area contributed by atoms with Crippen LogP contribution in [0.2, 0.25) is 0 Å². The lowest BCUT2D eigenvalue weighted by atomic mass is 10.0. The fourth-order valence-electron chi connectivity index (χ4n) is 3.36. The molecule has 0 saturated carbocycles. The molecular formula is C23H20FN3O2. The van der Waals surface area contributed by atoms with Gasteiger partial charge >= 0.3 is 0 Å². The highest BCUT2D eigenvalue weighted by atomic mass is 19.1. The number of hydrogen-bond donors (Lipinski definition) is 3. The second-order valence-corrected chi connectivity index (χ2v) is 6.99. The number of carbonyl (C=O) groups excluding carboxylic acids is 1. The maximum absolute atomic E-state index is 14.2. The number of benzene rings is 3. The van der Waals surface area contributed by atoms with Crippen molar-refractivity contribution in [1.82, 2.24) is 15.5 Å². The highest BCUT2D eigenvalue weighted by molar-refractivity contribution is 5.96. The lowest BCUT2D eigenvalue weighted by Crippen LogP contribution is -2.31. The first kappa shape index (κ1) is 18.8. The molecule has 1 amide bonds. The van der Waals surface area contributed by atoms with Crippen molar-refractivity contribution in [1.29, 1.82) is 0 Å². The number of nitrogens with zero attached hydrogens (tertiary/aromatic N) is 1. The van der Waals surface area contributed by atoms with E-state index in [1.54, 1.807) is 36.5 Å². The van der Waals surface area contributed by atoms with E-state index in [-0.39, 0.29) is 11.5 Å². The summed E-state index contributed by atoms with van der Waals surface area (Å²) >= 11 is 0. The third kappa shape index (κ3) is 3.88. The second kappa shape index (κ2) is 7.85. The van der Waals surface area contributed by atoms with Crippen molar-refractivity contribution < 1.29 is 14.3 Å². The van der Waals surface area contributed by atoms with Gasteiger partial charge in [-0.2, -0.15) is 5.10 Å². The molecule has 0 aliphatic rings. The molecule has 0 aliphatic carbocycles. The van der Waals surface area contributed by atoms with Crippen molar-refractivity contribution in [3.05, 3.63) is 89.4 Å². The van der Waals surface area contributed by atoms with Crippen LogP contribution in [0.3, 0.4) is 0 Å². The van der Waals surface area contributed by atoms with Gasteiger partial charge in [0, 0.05) is 16.5 Å². The maximum Gasteiger partial charge on any atom is 0.251 e. The van der Waals surface area contributed by atoms with Crippen LogP contribution in [0, 0.1) is 12.7 Å². The molecule has 1 aromatic heterocycles. The van der Waals surface area contributed by atoms with Gasteiger partial charge in [-0.3, -0.25) is 9.89 Å². The lowest BCUT2D eigenvalue weighted by molar-refractivity contribution is 0.0915. The van der Waals surface area contributed by atoms with Crippen LogP contribution < -0.4 is 5.32 Å². The predicted octanol–water partition coefficient (Wildman–Crippen LogP) is 4.14. The van der Waals surface area contributed by atoms with Crippen LogP contribution in [0.4, 0.5) is 4.39 Å². The minimum Gasteiger partial charge on any atom is -0.394 e. The molecular weight excluding hydrogens is 369 g/mol. The normalized spacial score (nSPS) is 12.1. The SMILES string of the molecule is Cc1ccc(F)c(C(CO)NC(=O)c2cccc(-c3ccc4[nH]ncc4c3)c2)c1. The predicted molar refractivity (Wildman–Crippen MR) is 110 cm³/mol. The Bertz CT molecular complexity index is 1190. The van der Waals surface area contributed by atoms with Gasteiger partial charge in [0.15, 0.2) is 0 Å². The van der Waals surface area contributed by atoms with Gasteiger partial charge in [-0.1, -0.05) is 35.9 Å². The Morgan fingerprint density at radius 3 is 2.79 bits per heavy atom. The molecule has 3 aromatic carbocycles. The molecule has 0 saturated heterocycles. The number of hydrogen-bond acceptors (Lipinski definition) is 3. The topological polar surface area (TPSA) is 78.0 Å². The van der Waals surface area contributed by atoms with Gasteiger partial charge in [0.25, 0.3) is 5.91 Å². The second-order valence-electron chi connectivity index (χ2n) is 6.99. The van der Waals surface area contributed by atoms with Crippen LogP contribution in [0.5, 0.6) is 0 Å². The number of aromatic amines is 1. The molecule has 3 N–H and O–H groups in total. The zero-order chi connectivity index (χ0) is 20.4. The molecule has 1 heterocycles. The Kier molecular flexibility index (Phi) is 5.10. The van der Waals surface area contributed by atoms with E-state index in [9.17, 15) is 14.3 Å². The Labute approximate surface area is 167 Å². The van der Waals surface area contributed by atoms with Crippen molar-refractivity contribution in [3.8, 4) is 11.1 Å². The summed E-state index contributed by atoms with van der Waals surface area (Å²) in [7, 11) is 0. The van der Waals surface area contributed by atoms with Crippen LogP contribution >= 0.6 is 0 Å². The average molecular weight is 389 g/mol. The number of H-pyrrole nitrogens is 1. The monoisotopic (exact) mass is 389 g/mol. The molecule has 1 unspecified atom stereocenters. The van der Waals surface area contributed by atoms with Crippen LogP contribution in [-0.4, -0.2) is 27.8 Å². The molecule has 4 aromatic rings.